The van der Waals surface area contributed by atoms with Gasteiger partial charge in [-0.1, -0.05) is 11.8 Å². The largest absolute Gasteiger partial charge is 0.468 e. The minimum Gasteiger partial charge on any atom is -0.468 e. The first kappa shape index (κ1) is 11.0. The van der Waals surface area contributed by atoms with Crippen LogP contribution in [0.2, 0.25) is 0 Å². The third-order valence-electron chi connectivity index (χ3n) is 1.56. The van der Waals surface area contributed by atoms with E-state index in [1.807, 2.05) is 0 Å². The quantitative estimate of drug-likeness (QED) is 0.419. The highest BCUT2D eigenvalue weighted by molar-refractivity contribution is 5.72. The number of nitrogens with zero attached hydrogens (tertiary/aromatic N) is 1. The fourth-order valence-electron chi connectivity index (χ4n) is 0.824. The number of hydrogen-bond donors (Lipinski definition) is 1. The molecule has 0 spiro atoms. The van der Waals surface area contributed by atoms with Gasteiger partial charge in [0.05, 0.1) is 12.8 Å². The highest BCUT2D eigenvalue weighted by Gasteiger charge is 1.99. The molecule has 0 aliphatic rings. The maximum absolute atomic E-state index is 12.6. The van der Waals surface area contributed by atoms with E-state index in [2.05, 4.69) is 21.6 Å². The van der Waals surface area contributed by atoms with E-state index in [-0.39, 0.29) is 12.1 Å². The molecule has 1 rings (SSSR count). The van der Waals surface area contributed by atoms with Gasteiger partial charge < -0.3 is 10.5 Å². The van der Waals surface area contributed by atoms with E-state index < -0.39 is 11.9 Å². The molecular weight excluding hydrogens is 199 g/mol. The molecule has 0 aromatic carbocycles. The number of pyridine rings is 1. The van der Waals surface area contributed by atoms with Crippen molar-refractivity contribution in [3.63, 3.8) is 0 Å². The van der Waals surface area contributed by atoms with E-state index in [1.54, 1.807) is 0 Å². The summed E-state index contributed by atoms with van der Waals surface area (Å²) in [6.07, 6.45) is 1.23. The van der Waals surface area contributed by atoms with E-state index in [0.29, 0.717) is 5.56 Å². The number of nitrogens with two attached hydrogens (primary N) is 1. The van der Waals surface area contributed by atoms with Crippen molar-refractivity contribution < 1.29 is 13.9 Å². The average Bonchev–Trinajstić information content (AvgIpc) is 2.23. The van der Waals surface area contributed by atoms with Crippen LogP contribution in [0, 0.1) is 17.8 Å². The molecule has 0 aliphatic carbocycles. The van der Waals surface area contributed by atoms with Crippen LogP contribution in [0.5, 0.6) is 0 Å². The van der Waals surface area contributed by atoms with Crippen LogP contribution in [0.1, 0.15) is 12.0 Å². The number of carbonyl (C=O) groups is 1. The number of rotatable bonds is 1. The van der Waals surface area contributed by atoms with Crippen LogP contribution >= 0.6 is 0 Å². The number of aromatic nitrogens is 1. The standard InChI is InChI=1S/C10H9FN2O2/c1-15-9(14)4-2-3-7-5-8(12)10(11)13-6-7/h5-6H,4,12H2,1H3. The third-order valence-corrected chi connectivity index (χ3v) is 1.56. The summed E-state index contributed by atoms with van der Waals surface area (Å²) in [5.41, 5.74) is 5.67. The number of hydrogen-bond acceptors (Lipinski definition) is 4. The number of esters is 1. The Morgan fingerprint density at radius 1 is 1.73 bits per heavy atom. The van der Waals surface area contributed by atoms with E-state index in [4.69, 9.17) is 5.73 Å². The summed E-state index contributed by atoms with van der Waals surface area (Å²) >= 11 is 0. The molecule has 15 heavy (non-hydrogen) atoms. The molecule has 2 N–H and O–H groups in total. The Kier molecular flexibility index (Phi) is 3.63. The minimum atomic E-state index is -0.728. The van der Waals surface area contributed by atoms with Crippen LogP contribution in [0.3, 0.4) is 0 Å². The zero-order valence-corrected chi connectivity index (χ0v) is 8.08. The topological polar surface area (TPSA) is 65.2 Å². The van der Waals surface area contributed by atoms with Gasteiger partial charge in [-0.15, -0.1) is 0 Å². The molecule has 1 heterocycles. The van der Waals surface area contributed by atoms with Crippen LogP contribution in [0.25, 0.3) is 0 Å². The number of methoxy groups -OCH3 is 1. The summed E-state index contributed by atoms with van der Waals surface area (Å²) in [6.45, 7) is 0. The molecule has 0 amide bonds. The van der Waals surface area contributed by atoms with E-state index in [9.17, 15) is 9.18 Å². The molecule has 0 fully saturated rings. The van der Waals surface area contributed by atoms with Crippen LogP contribution in [-0.4, -0.2) is 18.1 Å². The predicted octanol–water partition coefficient (Wildman–Crippen LogP) is 0.718. The summed E-state index contributed by atoms with van der Waals surface area (Å²) in [5, 5.41) is 0. The Bertz CT molecular complexity index is 435. The summed E-state index contributed by atoms with van der Waals surface area (Å²) in [5.74, 6) is 4.02. The lowest BCUT2D eigenvalue weighted by Crippen LogP contribution is -1.97. The molecule has 0 unspecified atom stereocenters. The normalized spacial score (nSPS) is 8.93. The summed E-state index contributed by atoms with van der Waals surface area (Å²) in [6, 6.07) is 1.35. The van der Waals surface area contributed by atoms with Gasteiger partial charge in [0.25, 0.3) is 0 Å². The molecule has 0 radical (unpaired) electrons. The first-order valence-corrected chi connectivity index (χ1v) is 4.10. The predicted molar refractivity (Wildman–Crippen MR) is 52.1 cm³/mol. The molecule has 0 aliphatic heterocycles. The van der Waals surface area contributed by atoms with Crippen LogP contribution in [-0.2, 0) is 9.53 Å². The lowest BCUT2D eigenvalue weighted by atomic mass is 10.2. The third kappa shape index (κ3) is 3.27. The average molecular weight is 208 g/mol. The Balaban J connectivity index is 2.72. The fourth-order valence-corrected chi connectivity index (χ4v) is 0.824. The Hall–Kier alpha value is -2.09. The van der Waals surface area contributed by atoms with Gasteiger partial charge in [-0.3, -0.25) is 4.79 Å². The van der Waals surface area contributed by atoms with Crippen LogP contribution < -0.4 is 5.73 Å². The van der Waals surface area contributed by atoms with Crippen molar-refractivity contribution in [1.29, 1.82) is 0 Å². The van der Waals surface area contributed by atoms with Crippen molar-refractivity contribution in [1.82, 2.24) is 4.98 Å². The van der Waals surface area contributed by atoms with E-state index in [1.165, 1.54) is 19.4 Å². The van der Waals surface area contributed by atoms with Crippen molar-refractivity contribution in [2.45, 2.75) is 6.42 Å². The van der Waals surface area contributed by atoms with Crippen LogP contribution in [0.4, 0.5) is 10.1 Å². The molecule has 0 atom stereocenters. The van der Waals surface area contributed by atoms with E-state index in [0.717, 1.165) is 0 Å². The molecule has 0 bridgehead atoms. The van der Waals surface area contributed by atoms with Crippen molar-refractivity contribution in [2.75, 3.05) is 12.8 Å². The zero-order valence-electron chi connectivity index (χ0n) is 8.08. The van der Waals surface area contributed by atoms with Crippen LogP contribution in [0.15, 0.2) is 12.3 Å². The van der Waals surface area contributed by atoms with Gasteiger partial charge in [0.1, 0.15) is 6.42 Å². The number of nitrogen functional groups attached to an aromatic ring is 1. The van der Waals surface area contributed by atoms with Crippen molar-refractivity contribution in [2.24, 2.45) is 0 Å². The molecule has 0 saturated carbocycles. The van der Waals surface area contributed by atoms with Crippen molar-refractivity contribution in [3.8, 4) is 11.8 Å². The number of anilines is 1. The van der Waals surface area contributed by atoms with Gasteiger partial charge in [0.2, 0.25) is 5.95 Å². The maximum atomic E-state index is 12.6. The highest BCUT2D eigenvalue weighted by atomic mass is 19.1. The molecule has 0 saturated heterocycles. The second-order valence-electron chi connectivity index (χ2n) is 2.66. The van der Waals surface area contributed by atoms with Gasteiger partial charge in [-0.25, -0.2) is 4.98 Å². The van der Waals surface area contributed by atoms with Gasteiger partial charge in [-0.05, 0) is 6.07 Å². The van der Waals surface area contributed by atoms with Gasteiger partial charge in [-0.2, -0.15) is 4.39 Å². The number of carbonyl (C=O) groups excluding carboxylic acids is 1. The summed E-state index contributed by atoms with van der Waals surface area (Å²) in [7, 11) is 1.28. The van der Waals surface area contributed by atoms with E-state index >= 15 is 0 Å². The lowest BCUT2D eigenvalue weighted by Gasteiger charge is -1.94. The maximum Gasteiger partial charge on any atom is 0.317 e. The van der Waals surface area contributed by atoms with Crippen molar-refractivity contribution >= 4 is 11.7 Å². The molecule has 78 valence electrons. The number of halogens is 1. The van der Waals surface area contributed by atoms with Crippen molar-refractivity contribution in [3.05, 3.63) is 23.8 Å². The smallest absolute Gasteiger partial charge is 0.317 e. The van der Waals surface area contributed by atoms with Gasteiger partial charge in [0.15, 0.2) is 0 Å². The fraction of sp³-hybridized carbons (Fsp3) is 0.200. The monoisotopic (exact) mass is 208 g/mol. The molecule has 1 aromatic rings. The van der Waals surface area contributed by atoms with Gasteiger partial charge >= 0.3 is 5.97 Å². The first-order valence-electron chi connectivity index (χ1n) is 4.10. The summed E-state index contributed by atoms with van der Waals surface area (Å²) in [4.78, 5) is 14.1. The minimum absolute atomic E-state index is 0.0201. The molecule has 4 nitrogen and oxygen atoms in total. The second kappa shape index (κ2) is 4.96. The molecule has 5 heteroatoms. The summed E-state index contributed by atoms with van der Waals surface area (Å²) < 4.78 is 17.0. The SMILES string of the molecule is COC(=O)CC#Cc1cnc(F)c(N)c1. The molecule has 1 aromatic heterocycles. The highest BCUT2D eigenvalue weighted by Crippen LogP contribution is 2.07. The number of ether oxygens (including phenoxy) is 1. The first-order chi connectivity index (χ1) is 7.13. The second-order valence-corrected chi connectivity index (χ2v) is 2.66. The Morgan fingerprint density at radius 2 is 2.47 bits per heavy atom. The molecular formula is C10H9FN2O2. The Labute approximate surface area is 86.3 Å². The lowest BCUT2D eigenvalue weighted by molar-refractivity contribution is -0.139. The zero-order chi connectivity index (χ0) is 11.3. The Morgan fingerprint density at radius 3 is 3.07 bits per heavy atom. The van der Waals surface area contributed by atoms with Gasteiger partial charge in [0, 0.05) is 11.8 Å².